The van der Waals surface area contributed by atoms with Crippen LogP contribution in [0, 0.1) is 6.92 Å². The number of aromatic amines is 1. The maximum Gasteiger partial charge on any atom is 0.255 e. The van der Waals surface area contributed by atoms with Crippen LogP contribution in [0.2, 0.25) is 0 Å². The summed E-state index contributed by atoms with van der Waals surface area (Å²) in [4.78, 5) is 20.4. The Kier molecular flexibility index (Phi) is 5.27. The minimum absolute atomic E-state index is 0.0952. The molecule has 0 bridgehead atoms. The first-order valence-corrected chi connectivity index (χ1v) is 9.46. The number of aromatic nitrogens is 2. The lowest BCUT2D eigenvalue weighted by Crippen LogP contribution is -2.20. The van der Waals surface area contributed by atoms with E-state index in [0.29, 0.717) is 23.6 Å². The molecule has 0 spiro atoms. The zero-order valence-corrected chi connectivity index (χ0v) is 17.2. The molecular formula is C23H28N4O. The summed E-state index contributed by atoms with van der Waals surface area (Å²) >= 11 is 0. The molecule has 5 heteroatoms. The predicted molar refractivity (Wildman–Crippen MR) is 115 cm³/mol. The molecule has 0 aliphatic carbocycles. The molecule has 0 saturated carbocycles. The number of aryl methyl sites for hydroxylation is 1. The first-order valence-electron chi connectivity index (χ1n) is 9.46. The van der Waals surface area contributed by atoms with E-state index in [1.54, 1.807) is 6.92 Å². The third-order valence-corrected chi connectivity index (χ3v) is 4.82. The molecule has 28 heavy (non-hydrogen) atoms. The summed E-state index contributed by atoms with van der Waals surface area (Å²) in [5.41, 5.74) is 12.3. The number of carbonyl (C=O) groups is 1. The smallest absolute Gasteiger partial charge is 0.255 e. The summed E-state index contributed by atoms with van der Waals surface area (Å²) < 4.78 is 0. The van der Waals surface area contributed by atoms with Crippen LogP contribution in [0.1, 0.15) is 44.4 Å². The average Bonchev–Trinajstić information content (AvgIpc) is 3.00. The van der Waals surface area contributed by atoms with E-state index in [0.717, 1.165) is 22.2 Å². The Balaban J connectivity index is 1.78. The van der Waals surface area contributed by atoms with Gasteiger partial charge in [-0.3, -0.25) is 10.1 Å². The number of nitrogens with zero attached hydrogens (tertiary/aromatic N) is 1. The van der Waals surface area contributed by atoms with Gasteiger partial charge in [-0.2, -0.15) is 0 Å². The van der Waals surface area contributed by atoms with E-state index in [1.807, 2.05) is 25.1 Å². The fourth-order valence-electron chi connectivity index (χ4n) is 3.09. The summed E-state index contributed by atoms with van der Waals surface area (Å²) in [5.74, 6) is 0.183. The van der Waals surface area contributed by atoms with Gasteiger partial charge >= 0.3 is 0 Å². The average molecular weight is 377 g/mol. The monoisotopic (exact) mass is 376 g/mol. The molecule has 0 saturated heterocycles. The molecule has 5 nitrogen and oxygen atoms in total. The van der Waals surface area contributed by atoms with Gasteiger partial charge in [0, 0.05) is 17.7 Å². The van der Waals surface area contributed by atoms with Crippen LogP contribution in [0.4, 0.5) is 5.95 Å². The van der Waals surface area contributed by atoms with Crippen molar-refractivity contribution in [3.63, 3.8) is 0 Å². The molecule has 1 amide bonds. The van der Waals surface area contributed by atoms with Crippen molar-refractivity contribution in [2.75, 3.05) is 5.32 Å². The Labute approximate surface area is 166 Å². The van der Waals surface area contributed by atoms with Crippen molar-refractivity contribution in [2.24, 2.45) is 5.73 Å². The maximum atomic E-state index is 12.8. The van der Waals surface area contributed by atoms with Crippen molar-refractivity contribution in [3.8, 4) is 0 Å². The normalized spacial score (nSPS) is 12.8. The molecule has 3 aromatic rings. The van der Waals surface area contributed by atoms with Crippen LogP contribution >= 0.6 is 0 Å². The first-order chi connectivity index (χ1) is 13.1. The molecular weight excluding hydrogens is 348 g/mol. The van der Waals surface area contributed by atoms with Crippen molar-refractivity contribution < 1.29 is 4.79 Å². The molecule has 3 rings (SSSR count). The van der Waals surface area contributed by atoms with Gasteiger partial charge in [0.1, 0.15) is 0 Å². The Morgan fingerprint density at radius 2 is 1.82 bits per heavy atom. The van der Waals surface area contributed by atoms with Crippen molar-refractivity contribution in [3.05, 3.63) is 70.4 Å². The molecule has 146 valence electrons. The number of H-pyrrole nitrogens is 1. The number of rotatable bonds is 4. The van der Waals surface area contributed by atoms with Crippen LogP contribution in [0.15, 0.2) is 53.7 Å². The minimum atomic E-state index is -0.240. The van der Waals surface area contributed by atoms with E-state index in [1.165, 1.54) is 5.56 Å². The molecule has 1 heterocycles. The zero-order chi connectivity index (χ0) is 20.5. The molecule has 1 aromatic heterocycles. The van der Waals surface area contributed by atoms with E-state index < -0.39 is 0 Å². The van der Waals surface area contributed by atoms with Crippen molar-refractivity contribution in [1.82, 2.24) is 9.97 Å². The van der Waals surface area contributed by atoms with Gasteiger partial charge in [-0.15, -0.1) is 0 Å². The molecule has 0 aliphatic heterocycles. The lowest BCUT2D eigenvalue weighted by Gasteiger charge is -2.19. The summed E-state index contributed by atoms with van der Waals surface area (Å²) in [6.07, 6.45) is 0.470. The van der Waals surface area contributed by atoms with E-state index in [9.17, 15) is 4.79 Å². The van der Waals surface area contributed by atoms with Gasteiger partial charge in [0.15, 0.2) is 0 Å². The number of hydrogen-bond donors (Lipinski definition) is 3. The SMILES string of the molecule is CC(N)=C(Cc1ccc(C(C)(C)C)cc1)C(=O)Nc1nc2ccc(C)cc2[nH]1. The van der Waals surface area contributed by atoms with Crippen LogP contribution in [-0.2, 0) is 16.6 Å². The summed E-state index contributed by atoms with van der Waals surface area (Å²) in [7, 11) is 0. The standard InChI is InChI=1S/C23H28N4O/c1-14-6-11-19-20(12-14)26-22(25-19)27-21(28)18(15(2)24)13-16-7-9-17(10-8-16)23(3,4)5/h6-12H,13,24H2,1-5H3,(H2,25,26,27,28). The first kappa shape index (κ1) is 19.7. The van der Waals surface area contributed by atoms with Gasteiger partial charge in [0.05, 0.1) is 11.0 Å². The molecule has 0 aliphatic rings. The van der Waals surface area contributed by atoms with E-state index >= 15 is 0 Å². The molecule has 0 fully saturated rings. The van der Waals surface area contributed by atoms with E-state index in [4.69, 9.17) is 5.73 Å². The highest BCUT2D eigenvalue weighted by Gasteiger charge is 2.17. The van der Waals surface area contributed by atoms with Gasteiger partial charge in [-0.1, -0.05) is 51.1 Å². The van der Waals surface area contributed by atoms with E-state index in [2.05, 4.69) is 60.3 Å². The number of hydrogen-bond acceptors (Lipinski definition) is 3. The van der Waals surface area contributed by atoms with E-state index in [-0.39, 0.29) is 11.3 Å². The number of carbonyl (C=O) groups excluding carboxylic acids is 1. The minimum Gasteiger partial charge on any atom is -0.402 e. The van der Waals surface area contributed by atoms with Crippen LogP contribution in [0.3, 0.4) is 0 Å². The summed E-state index contributed by atoms with van der Waals surface area (Å²) in [6.45, 7) is 10.3. The third-order valence-electron chi connectivity index (χ3n) is 4.82. The molecule has 0 unspecified atom stereocenters. The van der Waals surface area contributed by atoms with Crippen molar-refractivity contribution in [1.29, 1.82) is 0 Å². The Morgan fingerprint density at radius 3 is 2.43 bits per heavy atom. The summed E-state index contributed by atoms with van der Waals surface area (Å²) in [6, 6.07) is 14.3. The van der Waals surface area contributed by atoms with Crippen molar-refractivity contribution in [2.45, 2.75) is 46.5 Å². The quantitative estimate of drug-likeness (QED) is 0.583. The number of allylic oxidation sites excluding steroid dienone is 1. The number of amides is 1. The van der Waals surface area contributed by atoms with Crippen LogP contribution in [0.5, 0.6) is 0 Å². The summed E-state index contributed by atoms with van der Waals surface area (Å²) in [5, 5.41) is 2.84. The number of benzene rings is 2. The Morgan fingerprint density at radius 1 is 1.14 bits per heavy atom. The number of fused-ring (bicyclic) bond motifs is 1. The second-order valence-corrected chi connectivity index (χ2v) is 8.35. The number of imidazole rings is 1. The second-order valence-electron chi connectivity index (χ2n) is 8.35. The molecule has 2 aromatic carbocycles. The van der Waals surface area contributed by atoms with Gasteiger partial charge in [-0.05, 0) is 48.1 Å². The fourth-order valence-corrected chi connectivity index (χ4v) is 3.09. The lowest BCUT2D eigenvalue weighted by atomic mass is 9.86. The van der Waals surface area contributed by atoms with Gasteiger partial charge in [0.25, 0.3) is 5.91 Å². The second kappa shape index (κ2) is 7.50. The highest BCUT2D eigenvalue weighted by atomic mass is 16.1. The van der Waals surface area contributed by atoms with Gasteiger partial charge in [-0.25, -0.2) is 4.98 Å². The van der Waals surface area contributed by atoms with Crippen LogP contribution < -0.4 is 11.1 Å². The highest BCUT2D eigenvalue weighted by molar-refractivity contribution is 6.04. The van der Waals surface area contributed by atoms with Crippen LogP contribution in [0.25, 0.3) is 11.0 Å². The maximum absolute atomic E-state index is 12.8. The Hall–Kier alpha value is -3.08. The number of nitrogens with one attached hydrogen (secondary N) is 2. The largest absolute Gasteiger partial charge is 0.402 e. The molecule has 4 N–H and O–H groups in total. The predicted octanol–water partition coefficient (Wildman–Crippen LogP) is 4.58. The zero-order valence-electron chi connectivity index (χ0n) is 17.2. The number of nitrogens with two attached hydrogens (primary N) is 1. The molecule has 0 atom stereocenters. The van der Waals surface area contributed by atoms with Crippen molar-refractivity contribution >= 4 is 22.9 Å². The topological polar surface area (TPSA) is 83.8 Å². The van der Waals surface area contributed by atoms with Gasteiger partial charge in [0.2, 0.25) is 5.95 Å². The third kappa shape index (κ3) is 4.42. The fraction of sp³-hybridized carbons (Fsp3) is 0.304. The van der Waals surface area contributed by atoms with Crippen LogP contribution in [-0.4, -0.2) is 15.9 Å². The highest BCUT2D eigenvalue weighted by Crippen LogP contribution is 2.23. The molecule has 0 radical (unpaired) electrons. The lowest BCUT2D eigenvalue weighted by molar-refractivity contribution is -0.113. The van der Waals surface area contributed by atoms with Gasteiger partial charge < -0.3 is 10.7 Å². The number of anilines is 1. The Bertz CT molecular complexity index is 1030.